The van der Waals surface area contributed by atoms with Crippen molar-refractivity contribution in [1.29, 1.82) is 0 Å². The first-order valence-corrected chi connectivity index (χ1v) is 13.6. The molecule has 0 bridgehead atoms. The average molecular weight is 545 g/mol. The topological polar surface area (TPSA) is 124 Å². The summed E-state index contributed by atoms with van der Waals surface area (Å²) in [6.45, 7) is 4.76. The van der Waals surface area contributed by atoms with Crippen LogP contribution in [0.3, 0.4) is 0 Å². The van der Waals surface area contributed by atoms with Crippen molar-refractivity contribution in [3.8, 4) is 5.75 Å². The molecule has 3 rings (SSSR count). The Labute approximate surface area is 221 Å². The van der Waals surface area contributed by atoms with Gasteiger partial charge in [-0.1, -0.05) is 6.07 Å². The van der Waals surface area contributed by atoms with E-state index in [9.17, 15) is 9.59 Å². The number of halogens is 1. The van der Waals surface area contributed by atoms with E-state index in [-0.39, 0.29) is 22.7 Å². The highest BCUT2D eigenvalue weighted by atomic mass is 35.5. The number of nitrogens with one attached hydrogen (secondary N) is 2. The Morgan fingerprint density at radius 3 is 2.61 bits per heavy atom. The monoisotopic (exact) mass is 544 g/mol. The molecule has 3 atom stereocenters. The van der Waals surface area contributed by atoms with Crippen molar-refractivity contribution in [2.45, 2.75) is 35.4 Å². The lowest BCUT2D eigenvalue weighted by atomic mass is 9.99. The molecule has 1 aromatic carbocycles. The fraction of sp³-hybridized carbons (Fsp3) is 0.667. The van der Waals surface area contributed by atoms with Crippen LogP contribution in [0.15, 0.2) is 18.2 Å². The number of rotatable bonds is 15. The maximum atomic E-state index is 13.6. The summed E-state index contributed by atoms with van der Waals surface area (Å²) in [5, 5.41) is 4.42. The van der Waals surface area contributed by atoms with Crippen molar-refractivity contribution in [1.82, 2.24) is 15.5 Å². The second-order valence-corrected chi connectivity index (χ2v) is 10.4. The molecular weight excluding hydrogens is 508 g/mol. The van der Waals surface area contributed by atoms with Gasteiger partial charge in [-0.2, -0.15) is 0 Å². The molecule has 2 aliphatic rings. The van der Waals surface area contributed by atoms with Gasteiger partial charge in [0.15, 0.2) is 0 Å². The van der Waals surface area contributed by atoms with E-state index in [0.29, 0.717) is 72.2 Å². The van der Waals surface area contributed by atoms with Crippen LogP contribution >= 0.6 is 23.4 Å². The molecule has 3 amide bonds. The number of benzene rings is 1. The number of hydrogen-bond acceptors (Lipinski definition) is 8. The number of methoxy groups -OCH3 is 1. The quantitative estimate of drug-likeness (QED) is 0.223. The van der Waals surface area contributed by atoms with Crippen LogP contribution in [0.2, 0.25) is 0 Å². The Bertz CT molecular complexity index is 851. The highest BCUT2D eigenvalue weighted by molar-refractivity contribution is 8.01. The van der Waals surface area contributed by atoms with Gasteiger partial charge in [0.25, 0.3) is 0 Å². The second kappa shape index (κ2) is 15.5. The predicted molar refractivity (Wildman–Crippen MR) is 140 cm³/mol. The standard InChI is InChI=1S/C24H37ClN4O6S/c1-32-19-3-2-18-16-29(7-4-17(18)14-19)23(30)21(36-22-20(25)15-27-24(31)28-22)5-8-33-10-12-35-13-11-34-9-6-26/h2-3,14,20-22H,4-13,15-16,26H2,1H3,(H2,27,28,31)/t20?,21-,22?/m0/s1. The number of urea groups is 1. The van der Waals surface area contributed by atoms with E-state index < -0.39 is 5.25 Å². The van der Waals surface area contributed by atoms with Crippen LogP contribution in [0.25, 0.3) is 0 Å². The van der Waals surface area contributed by atoms with Crippen LogP contribution in [0.4, 0.5) is 4.79 Å². The van der Waals surface area contributed by atoms with Crippen LogP contribution in [0, 0.1) is 0 Å². The average Bonchev–Trinajstić information content (AvgIpc) is 2.89. The number of fused-ring (bicyclic) bond motifs is 1. The molecule has 1 aromatic rings. The summed E-state index contributed by atoms with van der Waals surface area (Å²) in [4.78, 5) is 27.3. The normalized spacial score (nSPS) is 20.3. The van der Waals surface area contributed by atoms with Crippen LogP contribution in [0.1, 0.15) is 17.5 Å². The number of thioether (sulfide) groups is 1. The first kappa shape index (κ1) is 28.8. The SMILES string of the molecule is COc1ccc2c(c1)CCN(C(=O)[C@H](CCOCCOCCOCCN)SC1NC(=O)NCC1Cl)C2. The van der Waals surface area contributed by atoms with Gasteiger partial charge in [0.05, 0.1) is 56.1 Å². The van der Waals surface area contributed by atoms with Crippen molar-refractivity contribution in [3.05, 3.63) is 29.3 Å². The molecule has 0 saturated carbocycles. The van der Waals surface area contributed by atoms with Crippen LogP contribution < -0.4 is 21.1 Å². The van der Waals surface area contributed by atoms with Crippen molar-refractivity contribution < 1.29 is 28.5 Å². The summed E-state index contributed by atoms with van der Waals surface area (Å²) in [6.07, 6.45) is 1.26. The van der Waals surface area contributed by atoms with Crippen LogP contribution in [0.5, 0.6) is 5.75 Å². The van der Waals surface area contributed by atoms with Gasteiger partial charge >= 0.3 is 6.03 Å². The number of hydrogen-bond donors (Lipinski definition) is 3. The summed E-state index contributed by atoms with van der Waals surface area (Å²) < 4.78 is 21.8. The van der Waals surface area contributed by atoms with Gasteiger partial charge in [0, 0.05) is 32.8 Å². The Morgan fingerprint density at radius 1 is 1.17 bits per heavy atom. The number of ether oxygens (including phenoxy) is 4. The van der Waals surface area contributed by atoms with E-state index in [0.717, 1.165) is 17.7 Å². The zero-order chi connectivity index (χ0) is 25.8. The highest BCUT2D eigenvalue weighted by Gasteiger charge is 2.34. The molecule has 0 radical (unpaired) electrons. The first-order valence-electron chi connectivity index (χ1n) is 12.2. The van der Waals surface area contributed by atoms with E-state index in [1.54, 1.807) is 7.11 Å². The van der Waals surface area contributed by atoms with Gasteiger partial charge < -0.3 is 40.2 Å². The predicted octanol–water partition coefficient (Wildman–Crippen LogP) is 1.33. The number of alkyl halides is 1. The largest absolute Gasteiger partial charge is 0.497 e. The van der Waals surface area contributed by atoms with Gasteiger partial charge in [0.1, 0.15) is 5.75 Å². The second-order valence-electron chi connectivity index (χ2n) is 8.47. The number of nitrogens with zero attached hydrogens (tertiary/aromatic N) is 1. The lowest BCUT2D eigenvalue weighted by Gasteiger charge is -2.35. The first-order chi connectivity index (χ1) is 17.5. The number of carbonyl (C=O) groups excluding carboxylic acids is 2. The molecule has 202 valence electrons. The number of nitrogens with two attached hydrogens (primary N) is 1. The summed E-state index contributed by atoms with van der Waals surface area (Å²) in [7, 11) is 1.65. The fourth-order valence-electron chi connectivity index (χ4n) is 3.98. The summed E-state index contributed by atoms with van der Waals surface area (Å²) in [6, 6.07) is 5.69. The molecule has 2 aliphatic heterocycles. The third-order valence-corrected chi connectivity index (χ3v) is 7.97. The minimum Gasteiger partial charge on any atom is -0.497 e. The van der Waals surface area contributed by atoms with Crippen molar-refractivity contribution in [2.24, 2.45) is 5.73 Å². The Hall–Kier alpha value is -1.76. The minimum absolute atomic E-state index is 0.0232. The molecule has 2 heterocycles. The molecule has 1 saturated heterocycles. The van der Waals surface area contributed by atoms with Crippen molar-refractivity contribution in [3.63, 3.8) is 0 Å². The zero-order valence-electron chi connectivity index (χ0n) is 20.7. The maximum Gasteiger partial charge on any atom is 0.315 e. The summed E-state index contributed by atoms with van der Waals surface area (Å²) in [5.74, 6) is 0.844. The lowest BCUT2D eigenvalue weighted by molar-refractivity contribution is -0.131. The Morgan fingerprint density at radius 2 is 1.89 bits per heavy atom. The van der Waals surface area contributed by atoms with Gasteiger partial charge in [-0.15, -0.1) is 23.4 Å². The Kier molecular flexibility index (Phi) is 12.4. The molecule has 0 aromatic heterocycles. The van der Waals surface area contributed by atoms with Crippen molar-refractivity contribution >= 4 is 35.3 Å². The molecule has 0 spiro atoms. The van der Waals surface area contributed by atoms with Gasteiger partial charge in [-0.25, -0.2) is 4.79 Å². The van der Waals surface area contributed by atoms with Crippen molar-refractivity contribution in [2.75, 3.05) is 66.4 Å². The van der Waals surface area contributed by atoms with E-state index in [4.69, 9.17) is 36.3 Å². The van der Waals surface area contributed by atoms with Gasteiger partial charge in [-0.05, 0) is 36.1 Å². The minimum atomic E-state index is -0.403. The van der Waals surface area contributed by atoms with E-state index in [1.165, 1.54) is 17.3 Å². The molecule has 12 heteroatoms. The summed E-state index contributed by atoms with van der Waals surface area (Å²) >= 11 is 7.84. The van der Waals surface area contributed by atoms with Gasteiger partial charge in [0.2, 0.25) is 5.91 Å². The number of amides is 3. The summed E-state index contributed by atoms with van der Waals surface area (Å²) in [5.41, 5.74) is 7.69. The van der Waals surface area contributed by atoms with Crippen LogP contribution in [-0.4, -0.2) is 99.2 Å². The van der Waals surface area contributed by atoms with E-state index in [2.05, 4.69) is 10.6 Å². The molecule has 4 N–H and O–H groups in total. The smallest absolute Gasteiger partial charge is 0.315 e. The highest BCUT2D eigenvalue weighted by Crippen LogP contribution is 2.30. The van der Waals surface area contributed by atoms with Crippen LogP contribution in [-0.2, 0) is 32.0 Å². The third kappa shape index (κ3) is 8.97. The van der Waals surface area contributed by atoms with Gasteiger partial charge in [-0.3, -0.25) is 4.79 Å². The fourth-order valence-corrected chi connectivity index (χ4v) is 5.59. The zero-order valence-corrected chi connectivity index (χ0v) is 22.3. The van der Waals surface area contributed by atoms with E-state index >= 15 is 0 Å². The molecule has 10 nitrogen and oxygen atoms in total. The molecule has 2 unspecified atom stereocenters. The lowest BCUT2D eigenvalue weighted by Crippen LogP contribution is -2.55. The molecular formula is C24H37ClN4O6S. The number of carbonyl (C=O) groups is 2. The third-order valence-electron chi connectivity index (χ3n) is 5.91. The Balaban J connectivity index is 1.52. The molecule has 1 fully saturated rings. The van der Waals surface area contributed by atoms with E-state index in [1.807, 2.05) is 23.1 Å². The molecule has 36 heavy (non-hydrogen) atoms. The molecule has 0 aliphatic carbocycles. The maximum absolute atomic E-state index is 13.6.